The lowest BCUT2D eigenvalue weighted by Gasteiger charge is -2.31. The molecular weight excluding hydrogens is 199 g/mol. The summed E-state index contributed by atoms with van der Waals surface area (Å²) in [5, 5.41) is 3.41. The molecule has 0 radical (unpaired) electrons. The molecule has 0 aliphatic carbocycles. The predicted octanol–water partition coefficient (Wildman–Crippen LogP) is 1.25. The Kier molecular flexibility index (Phi) is 8.63. The normalized spacial score (nSPS) is 34.8. The molecule has 1 fully saturated rings. The van der Waals surface area contributed by atoms with Crippen molar-refractivity contribution in [1.82, 2.24) is 5.32 Å². The zero-order chi connectivity index (χ0) is 7.56. The maximum Gasteiger partial charge on any atom is 0.0816 e. The van der Waals surface area contributed by atoms with Crippen LogP contribution in [-0.4, -0.2) is 18.2 Å². The molecule has 0 saturated carbocycles. The van der Waals surface area contributed by atoms with E-state index in [2.05, 4.69) is 19.2 Å². The molecule has 76 valence electrons. The molecule has 0 aromatic heterocycles. The highest BCUT2D eigenvalue weighted by Crippen LogP contribution is 2.14. The Hall–Kier alpha value is 0.460. The SMILES string of the molecule is C[C@@H]1CC(ON)C[C@H](C)N1.Cl.Cl. The van der Waals surface area contributed by atoms with Gasteiger partial charge in [-0.25, -0.2) is 5.90 Å². The van der Waals surface area contributed by atoms with Crippen molar-refractivity contribution in [2.45, 2.75) is 44.9 Å². The highest BCUT2D eigenvalue weighted by Gasteiger charge is 2.22. The van der Waals surface area contributed by atoms with Crippen LogP contribution in [0.15, 0.2) is 0 Å². The van der Waals surface area contributed by atoms with Crippen molar-refractivity contribution in [2.75, 3.05) is 0 Å². The number of halogens is 2. The first-order valence-corrected chi connectivity index (χ1v) is 3.84. The molecule has 1 unspecified atom stereocenters. The van der Waals surface area contributed by atoms with Crippen molar-refractivity contribution in [3.63, 3.8) is 0 Å². The fraction of sp³-hybridized carbons (Fsp3) is 1.00. The molecule has 1 aliphatic heterocycles. The Bertz CT molecular complexity index is 106. The lowest BCUT2D eigenvalue weighted by atomic mass is 9.98. The summed E-state index contributed by atoms with van der Waals surface area (Å²) >= 11 is 0. The van der Waals surface area contributed by atoms with Gasteiger partial charge in [-0.2, -0.15) is 0 Å². The topological polar surface area (TPSA) is 47.3 Å². The first-order chi connectivity index (χ1) is 4.72. The van der Waals surface area contributed by atoms with Crippen LogP contribution in [-0.2, 0) is 4.84 Å². The summed E-state index contributed by atoms with van der Waals surface area (Å²) in [5.41, 5.74) is 0. The van der Waals surface area contributed by atoms with Gasteiger partial charge in [-0.3, -0.25) is 0 Å². The van der Waals surface area contributed by atoms with E-state index in [0.717, 1.165) is 12.8 Å². The van der Waals surface area contributed by atoms with E-state index in [1.165, 1.54) is 0 Å². The van der Waals surface area contributed by atoms with E-state index in [0.29, 0.717) is 12.1 Å². The molecule has 5 heteroatoms. The largest absolute Gasteiger partial charge is 0.312 e. The molecule has 3 N–H and O–H groups in total. The van der Waals surface area contributed by atoms with Crippen molar-refractivity contribution in [2.24, 2.45) is 5.90 Å². The number of hydrogen-bond donors (Lipinski definition) is 2. The smallest absolute Gasteiger partial charge is 0.0816 e. The molecule has 0 bridgehead atoms. The average Bonchev–Trinajstić information content (AvgIpc) is 1.85. The summed E-state index contributed by atoms with van der Waals surface area (Å²) in [6.45, 7) is 4.31. The second-order valence-corrected chi connectivity index (χ2v) is 3.20. The first kappa shape index (κ1) is 15.0. The maximum absolute atomic E-state index is 5.10. The lowest BCUT2D eigenvalue weighted by Crippen LogP contribution is -2.45. The Balaban J connectivity index is 0. The van der Waals surface area contributed by atoms with E-state index in [-0.39, 0.29) is 30.9 Å². The molecule has 1 rings (SSSR count). The Morgan fingerprint density at radius 3 is 1.92 bits per heavy atom. The number of rotatable bonds is 1. The molecule has 3 atom stereocenters. The summed E-state index contributed by atoms with van der Waals surface area (Å²) < 4.78 is 0. The second-order valence-electron chi connectivity index (χ2n) is 3.20. The minimum Gasteiger partial charge on any atom is -0.312 e. The van der Waals surface area contributed by atoms with Crippen molar-refractivity contribution < 1.29 is 4.84 Å². The Morgan fingerprint density at radius 2 is 1.58 bits per heavy atom. The molecule has 1 saturated heterocycles. The van der Waals surface area contributed by atoms with Gasteiger partial charge in [-0.05, 0) is 26.7 Å². The molecule has 0 aromatic carbocycles. The van der Waals surface area contributed by atoms with Crippen LogP contribution in [0.25, 0.3) is 0 Å². The zero-order valence-electron chi connectivity index (χ0n) is 7.45. The molecule has 3 nitrogen and oxygen atoms in total. The Morgan fingerprint density at radius 1 is 1.17 bits per heavy atom. The van der Waals surface area contributed by atoms with Crippen LogP contribution in [0.5, 0.6) is 0 Å². The molecular formula is C7H18Cl2N2O. The molecule has 1 aliphatic rings. The van der Waals surface area contributed by atoms with Gasteiger partial charge in [-0.1, -0.05) is 0 Å². The Labute approximate surface area is 86.2 Å². The monoisotopic (exact) mass is 216 g/mol. The maximum atomic E-state index is 5.10. The van der Waals surface area contributed by atoms with Gasteiger partial charge in [0.05, 0.1) is 6.10 Å². The first-order valence-electron chi connectivity index (χ1n) is 3.84. The molecule has 1 heterocycles. The van der Waals surface area contributed by atoms with E-state index in [9.17, 15) is 0 Å². The van der Waals surface area contributed by atoms with Gasteiger partial charge in [0.2, 0.25) is 0 Å². The standard InChI is InChI=1S/C7H16N2O.2ClH/c1-5-3-7(10-8)4-6(2)9-5;;/h5-7,9H,3-4,8H2,1-2H3;2*1H/t5-,6+,7?;;. The summed E-state index contributed by atoms with van der Waals surface area (Å²) in [7, 11) is 0. The highest BCUT2D eigenvalue weighted by atomic mass is 35.5. The van der Waals surface area contributed by atoms with Crippen LogP contribution in [0.3, 0.4) is 0 Å². The minimum absolute atomic E-state index is 0. The van der Waals surface area contributed by atoms with E-state index >= 15 is 0 Å². The van der Waals surface area contributed by atoms with E-state index in [4.69, 9.17) is 10.7 Å². The zero-order valence-corrected chi connectivity index (χ0v) is 9.08. The number of piperidine rings is 1. The van der Waals surface area contributed by atoms with Crippen LogP contribution in [0.2, 0.25) is 0 Å². The minimum atomic E-state index is 0. The third-order valence-corrected chi connectivity index (χ3v) is 1.99. The van der Waals surface area contributed by atoms with Crippen LogP contribution in [0.4, 0.5) is 0 Å². The van der Waals surface area contributed by atoms with Crippen LogP contribution >= 0.6 is 24.8 Å². The molecule has 0 spiro atoms. The second kappa shape index (κ2) is 6.92. The molecule has 0 amide bonds. The third kappa shape index (κ3) is 4.48. The van der Waals surface area contributed by atoms with Gasteiger partial charge in [0, 0.05) is 12.1 Å². The van der Waals surface area contributed by atoms with Crippen molar-refractivity contribution in [3.05, 3.63) is 0 Å². The summed E-state index contributed by atoms with van der Waals surface area (Å²) in [4.78, 5) is 4.79. The summed E-state index contributed by atoms with van der Waals surface area (Å²) in [6.07, 6.45) is 2.31. The predicted molar refractivity (Wildman–Crippen MR) is 54.9 cm³/mol. The number of hydrogen-bond acceptors (Lipinski definition) is 3. The number of nitrogens with one attached hydrogen (secondary N) is 1. The number of nitrogens with two attached hydrogens (primary N) is 1. The molecule has 12 heavy (non-hydrogen) atoms. The van der Waals surface area contributed by atoms with Crippen LogP contribution in [0, 0.1) is 0 Å². The molecule has 0 aromatic rings. The van der Waals surface area contributed by atoms with E-state index < -0.39 is 0 Å². The summed E-state index contributed by atoms with van der Waals surface area (Å²) in [5.74, 6) is 5.10. The highest BCUT2D eigenvalue weighted by molar-refractivity contribution is 5.85. The quantitative estimate of drug-likeness (QED) is 0.650. The van der Waals surface area contributed by atoms with Crippen LogP contribution in [0.1, 0.15) is 26.7 Å². The van der Waals surface area contributed by atoms with Crippen LogP contribution < -0.4 is 11.2 Å². The summed E-state index contributed by atoms with van der Waals surface area (Å²) in [6, 6.07) is 1.08. The fourth-order valence-electron chi connectivity index (χ4n) is 1.62. The van der Waals surface area contributed by atoms with Gasteiger partial charge >= 0.3 is 0 Å². The van der Waals surface area contributed by atoms with Crippen molar-refractivity contribution in [3.8, 4) is 0 Å². The average molecular weight is 217 g/mol. The van der Waals surface area contributed by atoms with E-state index in [1.807, 2.05) is 0 Å². The third-order valence-electron chi connectivity index (χ3n) is 1.99. The van der Waals surface area contributed by atoms with Gasteiger partial charge < -0.3 is 10.2 Å². The van der Waals surface area contributed by atoms with Gasteiger partial charge in [0.25, 0.3) is 0 Å². The van der Waals surface area contributed by atoms with Gasteiger partial charge in [-0.15, -0.1) is 24.8 Å². The van der Waals surface area contributed by atoms with Crippen molar-refractivity contribution >= 4 is 24.8 Å². The van der Waals surface area contributed by atoms with Gasteiger partial charge in [0.15, 0.2) is 0 Å². The van der Waals surface area contributed by atoms with Crippen molar-refractivity contribution in [1.29, 1.82) is 0 Å². The van der Waals surface area contributed by atoms with E-state index in [1.54, 1.807) is 0 Å². The fourth-order valence-corrected chi connectivity index (χ4v) is 1.62. The van der Waals surface area contributed by atoms with Gasteiger partial charge in [0.1, 0.15) is 0 Å². The lowest BCUT2D eigenvalue weighted by molar-refractivity contribution is 0.0129.